The fourth-order valence-corrected chi connectivity index (χ4v) is 2.50. The van der Waals surface area contributed by atoms with Crippen LogP contribution in [0.3, 0.4) is 0 Å². The van der Waals surface area contributed by atoms with Crippen LogP contribution < -0.4 is 5.46 Å². The molecule has 1 aliphatic heterocycles. The van der Waals surface area contributed by atoms with Crippen molar-refractivity contribution < 1.29 is 9.31 Å². The van der Waals surface area contributed by atoms with E-state index >= 15 is 0 Å². The van der Waals surface area contributed by atoms with E-state index in [4.69, 9.17) is 9.31 Å². The number of rotatable bonds is 6. The van der Waals surface area contributed by atoms with Crippen LogP contribution in [0.25, 0.3) is 0 Å². The van der Waals surface area contributed by atoms with E-state index in [0.29, 0.717) is 0 Å². The summed E-state index contributed by atoms with van der Waals surface area (Å²) in [7, 11) is -0.164. The molecule has 2 atom stereocenters. The third kappa shape index (κ3) is 3.36. The molecular formula is C15H23BO2. The quantitative estimate of drug-likeness (QED) is 0.567. The number of hydrogen-bond acceptors (Lipinski definition) is 2. The maximum Gasteiger partial charge on any atom is 0.494 e. The normalized spacial score (nSPS) is 23.6. The highest BCUT2D eigenvalue weighted by Crippen LogP contribution is 2.23. The summed E-state index contributed by atoms with van der Waals surface area (Å²) in [5, 5.41) is 0. The van der Waals surface area contributed by atoms with Gasteiger partial charge in [-0.05, 0) is 18.3 Å². The molecule has 0 bridgehead atoms. The van der Waals surface area contributed by atoms with Crippen molar-refractivity contribution in [3.8, 4) is 0 Å². The lowest BCUT2D eigenvalue weighted by Crippen LogP contribution is -2.32. The first-order valence-electron chi connectivity index (χ1n) is 7.21. The molecule has 0 spiro atoms. The number of unbranched alkanes of at least 4 members (excludes halogenated alkanes) is 2. The van der Waals surface area contributed by atoms with Crippen LogP contribution in [0, 0.1) is 0 Å². The van der Waals surface area contributed by atoms with Crippen LogP contribution in [0.1, 0.15) is 46.0 Å². The van der Waals surface area contributed by atoms with Crippen molar-refractivity contribution in [3.63, 3.8) is 0 Å². The Labute approximate surface area is 111 Å². The van der Waals surface area contributed by atoms with Crippen LogP contribution in [0.2, 0.25) is 0 Å². The first-order chi connectivity index (χ1) is 8.85. The van der Waals surface area contributed by atoms with Crippen molar-refractivity contribution in [1.29, 1.82) is 0 Å². The highest BCUT2D eigenvalue weighted by molar-refractivity contribution is 6.61. The van der Waals surface area contributed by atoms with Crippen LogP contribution in [-0.2, 0) is 9.31 Å². The molecule has 3 heteroatoms. The summed E-state index contributed by atoms with van der Waals surface area (Å²) in [6, 6.07) is 10.2. The topological polar surface area (TPSA) is 18.5 Å². The van der Waals surface area contributed by atoms with Gasteiger partial charge in [0, 0.05) is 0 Å². The van der Waals surface area contributed by atoms with E-state index in [0.717, 1.165) is 18.3 Å². The second-order valence-corrected chi connectivity index (χ2v) is 5.00. The van der Waals surface area contributed by atoms with Gasteiger partial charge >= 0.3 is 7.12 Å². The van der Waals surface area contributed by atoms with E-state index in [1.807, 2.05) is 18.2 Å². The van der Waals surface area contributed by atoms with Crippen LogP contribution in [-0.4, -0.2) is 19.3 Å². The summed E-state index contributed by atoms with van der Waals surface area (Å²) >= 11 is 0. The monoisotopic (exact) mass is 246 g/mol. The Kier molecular flexibility index (Phi) is 5.27. The van der Waals surface area contributed by atoms with Gasteiger partial charge in [0.15, 0.2) is 0 Å². The van der Waals surface area contributed by atoms with Gasteiger partial charge in [0.1, 0.15) is 0 Å². The van der Waals surface area contributed by atoms with Crippen LogP contribution in [0.4, 0.5) is 0 Å². The second kappa shape index (κ2) is 6.96. The fraction of sp³-hybridized carbons (Fsp3) is 0.600. The zero-order chi connectivity index (χ0) is 12.8. The average Bonchev–Trinajstić information content (AvgIpc) is 2.83. The third-order valence-electron chi connectivity index (χ3n) is 3.58. The molecule has 18 heavy (non-hydrogen) atoms. The largest absolute Gasteiger partial charge is 0.494 e. The van der Waals surface area contributed by atoms with Gasteiger partial charge in [-0.15, -0.1) is 0 Å². The molecule has 0 saturated carbocycles. The lowest BCUT2D eigenvalue weighted by molar-refractivity contribution is 0.140. The standard InChI is InChI=1S/C15H23BO2/c1-3-5-7-12-15-14(4-2)17-16(18-15)13-10-8-6-9-11-13/h6,8-11,14-15H,3-5,7,12H2,1-2H3. The maximum absolute atomic E-state index is 6.08. The van der Waals surface area contributed by atoms with E-state index < -0.39 is 0 Å². The first kappa shape index (κ1) is 13.6. The molecule has 0 N–H and O–H groups in total. The number of benzene rings is 1. The Balaban J connectivity index is 1.93. The Morgan fingerprint density at radius 3 is 2.39 bits per heavy atom. The SMILES string of the molecule is CCCCCC1OB(c2ccccc2)OC1CC. The molecule has 0 radical (unpaired) electrons. The van der Waals surface area contributed by atoms with E-state index in [1.54, 1.807) is 0 Å². The molecule has 1 saturated heterocycles. The van der Waals surface area contributed by atoms with Crippen molar-refractivity contribution in [2.75, 3.05) is 0 Å². The van der Waals surface area contributed by atoms with Gasteiger partial charge in [-0.3, -0.25) is 0 Å². The Hall–Kier alpha value is -0.795. The summed E-state index contributed by atoms with van der Waals surface area (Å²) in [5.41, 5.74) is 1.13. The summed E-state index contributed by atoms with van der Waals surface area (Å²) < 4.78 is 12.1. The molecule has 0 aromatic heterocycles. The highest BCUT2D eigenvalue weighted by atomic mass is 16.7. The van der Waals surface area contributed by atoms with Gasteiger partial charge in [0.25, 0.3) is 0 Å². The molecule has 1 heterocycles. The number of hydrogen-bond donors (Lipinski definition) is 0. The molecule has 0 amide bonds. The summed E-state index contributed by atoms with van der Waals surface area (Å²) in [5.74, 6) is 0. The molecule has 2 nitrogen and oxygen atoms in total. The summed E-state index contributed by atoms with van der Waals surface area (Å²) in [6.07, 6.45) is 6.45. The second-order valence-electron chi connectivity index (χ2n) is 5.00. The van der Waals surface area contributed by atoms with Crippen molar-refractivity contribution in [2.24, 2.45) is 0 Å². The average molecular weight is 246 g/mol. The predicted octanol–water partition coefficient (Wildman–Crippen LogP) is 3.16. The van der Waals surface area contributed by atoms with Gasteiger partial charge in [-0.25, -0.2) is 0 Å². The summed E-state index contributed by atoms with van der Waals surface area (Å²) in [4.78, 5) is 0. The van der Waals surface area contributed by atoms with Crippen LogP contribution >= 0.6 is 0 Å². The van der Waals surface area contributed by atoms with Gasteiger partial charge < -0.3 is 9.31 Å². The van der Waals surface area contributed by atoms with Crippen molar-refractivity contribution in [3.05, 3.63) is 30.3 Å². The molecule has 0 aliphatic carbocycles. The van der Waals surface area contributed by atoms with Crippen molar-refractivity contribution >= 4 is 12.6 Å². The molecule has 2 rings (SSSR count). The lowest BCUT2D eigenvalue weighted by atomic mass is 9.79. The Morgan fingerprint density at radius 1 is 1.00 bits per heavy atom. The van der Waals surface area contributed by atoms with Gasteiger partial charge in [-0.1, -0.05) is 63.4 Å². The van der Waals surface area contributed by atoms with E-state index in [1.165, 1.54) is 19.3 Å². The van der Waals surface area contributed by atoms with Crippen LogP contribution in [0.15, 0.2) is 30.3 Å². The molecule has 1 aliphatic rings. The highest BCUT2D eigenvalue weighted by Gasteiger charge is 2.39. The van der Waals surface area contributed by atoms with E-state index in [9.17, 15) is 0 Å². The smallest absolute Gasteiger partial charge is 0.402 e. The minimum Gasteiger partial charge on any atom is -0.402 e. The molecule has 1 aromatic rings. The molecule has 2 unspecified atom stereocenters. The fourth-order valence-electron chi connectivity index (χ4n) is 2.50. The Bertz CT molecular complexity index is 342. The first-order valence-corrected chi connectivity index (χ1v) is 7.21. The zero-order valence-corrected chi connectivity index (χ0v) is 11.5. The molecular weight excluding hydrogens is 223 g/mol. The Morgan fingerprint density at radius 2 is 1.72 bits per heavy atom. The van der Waals surface area contributed by atoms with Gasteiger partial charge in [0.05, 0.1) is 12.2 Å². The predicted molar refractivity (Wildman–Crippen MR) is 76.0 cm³/mol. The van der Waals surface area contributed by atoms with Crippen molar-refractivity contribution in [1.82, 2.24) is 0 Å². The van der Waals surface area contributed by atoms with Crippen molar-refractivity contribution in [2.45, 2.75) is 58.2 Å². The van der Waals surface area contributed by atoms with E-state index in [2.05, 4.69) is 26.0 Å². The van der Waals surface area contributed by atoms with Gasteiger partial charge in [-0.2, -0.15) is 0 Å². The van der Waals surface area contributed by atoms with Gasteiger partial charge in [0.2, 0.25) is 0 Å². The zero-order valence-electron chi connectivity index (χ0n) is 11.5. The molecule has 1 fully saturated rings. The molecule has 98 valence electrons. The third-order valence-corrected chi connectivity index (χ3v) is 3.58. The minimum absolute atomic E-state index is 0.164. The van der Waals surface area contributed by atoms with Crippen LogP contribution in [0.5, 0.6) is 0 Å². The lowest BCUT2D eigenvalue weighted by Gasteiger charge is -2.16. The minimum atomic E-state index is -0.164. The van der Waals surface area contributed by atoms with E-state index in [-0.39, 0.29) is 19.3 Å². The molecule has 1 aromatic carbocycles. The summed E-state index contributed by atoms with van der Waals surface area (Å²) in [6.45, 7) is 4.41. The maximum atomic E-state index is 6.08.